The lowest BCUT2D eigenvalue weighted by Gasteiger charge is -1.99. The van der Waals surface area contributed by atoms with Crippen molar-refractivity contribution in [3.05, 3.63) is 11.1 Å². The second-order valence-corrected chi connectivity index (χ2v) is 3.88. The molecule has 16 heavy (non-hydrogen) atoms. The molecule has 0 unspecified atom stereocenters. The molecule has 1 aromatic rings. The van der Waals surface area contributed by atoms with Gasteiger partial charge in [0.05, 0.1) is 7.11 Å². The number of hydrogen-bond donors (Lipinski definition) is 2. The van der Waals surface area contributed by atoms with Crippen molar-refractivity contribution < 1.29 is 14.3 Å². The molecule has 0 radical (unpaired) electrons. The van der Waals surface area contributed by atoms with E-state index in [4.69, 9.17) is 5.73 Å². The molecular formula is C9H13N3O3S. The van der Waals surface area contributed by atoms with Crippen LogP contribution in [0.15, 0.2) is 5.38 Å². The molecule has 0 spiro atoms. The van der Waals surface area contributed by atoms with Gasteiger partial charge in [-0.2, -0.15) is 0 Å². The molecule has 0 saturated carbocycles. The number of carbonyl (C=O) groups is 2. The molecule has 1 heterocycles. The Morgan fingerprint density at radius 3 is 3.00 bits per heavy atom. The highest BCUT2D eigenvalue weighted by Crippen LogP contribution is 2.15. The van der Waals surface area contributed by atoms with Crippen LogP contribution in [0, 0.1) is 0 Å². The van der Waals surface area contributed by atoms with Gasteiger partial charge in [-0.25, -0.2) is 9.78 Å². The zero-order chi connectivity index (χ0) is 12.0. The number of amides is 1. The van der Waals surface area contributed by atoms with Crippen LogP contribution in [0.2, 0.25) is 0 Å². The van der Waals surface area contributed by atoms with Crippen LogP contribution in [0.25, 0.3) is 0 Å². The van der Waals surface area contributed by atoms with Crippen molar-refractivity contribution in [3.8, 4) is 0 Å². The molecular weight excluding hydrogens is 230 g/mol. The van der Waals surface area contributed by atoms with E-state index >= 15 is 0 Å². The van der Waals surface area contributed by atoms with Gasteiger partial charge in [0.15, 0.2) is 10.8 Å². The van der Waals surface area contributed by atoms with Gasteiger partial charge in [-0.15, -0.1) is 11.3 Å². The van der Waals surface area contributed by atoms with Crippen LogP contribution >= 0.6 is 11.3 Å². The zero-order valence-corrected chi connectivity index (χ0v) is 9.67. The number of nitrogens with one attached hydrogen (secondary N) is 1. The standard InChI is InChI=1S/C9H13N3O3S/c1-15-8(14)6-5-16-9(12-6)11-4-2-3-7(10)13/h5H,2-4H2,1H3,(H2,10,13)(H,11,12). The number of carbonyl (C=O) groups excluding carboxylic acids is 2. The van der Waals surface area contributed by atoms with Crippen molar-refractivity contribution in [1.29, 1.82) is 0 Å². The number of thiazole rings is 1. The molecule has 1 rings (SSSR count). The number of ether oxygens (including phenoxy) is 1. The Hall–Kier alpha value is -1.63. The average Bonchev–Trinajstić information content (AvgIpc) is 2.71. The molecule has 0 aliphatic rings. The molecule has 88 valence electrons. The van der Waals surface area contributed by atoms with Crippen LogP contribution in [0.3, 0.4) is 0 Å². The summed E-state index contributed by atoms with van der Waals surface area (Å²) in [5, 5.41) is 5.23. The smallest absolute Gasteiger partial charge is 0.357 e. The third-order valence-electron chi connectivity index (χ3n) is 1.77. The third kappa shape index (κ3) is 3.85. The summed E-state index contributed by atoms with van der Waals surface area (Å²) in [6, 6.07) is 0. The third-order valence-corrected chi connectivity index (χ3v) is 2.57. The second kappa shape index (κ2) is 6.06. The number of nitrogens with zero attached hydrogens (tertiary/aromatic N) is 1. The lowest BCUT2D eigenvalue weighted by Crippen LogP contribution is -2.12. The minimum absolute atomic E-state index is 0.282. The van der Waals surface area contributed by atoms with E-state index in [0.717, 1.165) is 0 Å². The largest absolute Gasteiger partial charge is 0.464 e. The minimum Gasteiger partial charge on any atom is -0.464 e. The van der Waals surface area contributed by atoms with Gasteiger partial charge < -0.3 is 15.8 Å². The van der Waals surface area contributed by atoms with E-state index in [1.807, 2.05) is 0 Å². The first kappa shape index (κ1) is 12.4. The van der Waals surface area contributed by atoms with Gasteiger partial charge in [0.1, 0.15) is 0 Å². The Labute approximate surface area is 96.8 Å². The van der Waals surface area contributed by atoms with E-state index in [0.29, 0.717) is 24.5 Å². The van der Waals surface area contributed by atoms with Gasteiger partial charge in [-0.3, -0.25) is 4.79 Å². The van der Waals surface area contributed by atoms with Crippen molar-refractivity contribution in [1.82, 2.24) is 4.98 Å². The molecule has 0 fully saturated rings. The number of rotatable bonds is 6. The van der Waals surface area contributed by atoms with Gasteiger partial charge in [-0.1, -0.05) is 0 Å². The van der Waals surface area contributed by atoms with E-state index in [-0.39, 0.29) is 11.6 Å². The quantitative estimate of drug-likeness (QED) is 0.564. The first-order valence-electron chi connectivity index (χ1n) is 4.69. The number of nitrogens with two attached hydrogens (primary N) is 1. The Balaban J connectivity index is 2.35. The summed E-state index contributed by atoms with van der Waals surface area (Å²) >= 11 is 1.31. The Morgan fingerprint density at radius 2 is 2.38 bits per heavy atom. The fourth-order valence-corrected chi connectivity index (χ4v) is 1.72. The van der Waals surface area contributed by atoms with Crippen LogP contribution in [0.5, 0.6) is 0 Å². The molecule has 3 N–H and O–H groups in total. The lowest BCUT2D eigenvalue weighted by atomic mass is 10.3. The Kier molecular flexibility index (Phi) is 4.71. The van der Waals surface area contributed by atoms with Gasteiger partial charge in [0, 0.05) is 18.3 Å². The summed E-state index contributed by atoms with van der Waals surface area (Å²) in [7, 11) is 1.31. The predicted octanol–water partition coefficient (Wildman–Crippen LogP) is 0.607. The van der Waals surface area contributed by atoms with Gasteiger partial charge >= 0.3 is 5.97 Å². The van der Waals surface area contributed by atoms with Gasteiger partial charge in [0.25, 0.3) is 0 Å². The fourth-order valence-electron chi connectivity index (χ4n) is 1.01. The molecule has 0 saturated heterocycles. The van der Waals surface area contributed by atoms with Gasteiger partial charge in [0.2, 0.25) is 5.91 Å². The maximum Gasteiger partial charge on any atom is 0.357 e. The number of anilines is 1. The minimum atomic E-state index is -0.457. The van der Waals surface area contributed by atoms with Crippen molar-refractivity contribution in [2.24, 2.45) is 5.73 Å². The predicted molar refractivity (Wildman–Crippen MR) is 60.4 cm³/mol. The molecule has 1 amide bonds. The fraction of sp³-hybridized carbons (Fsp3) is 0.444. The van der Waals surface area contributed by atoms with E-state index in [1.165, 1.54) is 18.4 Å². The summed E-state index contributed by atoms with van der Waals surface area (Å²) in [5.41, 5.74) is 5.28. The first-order valence-corrected chi connectivity index (χ1v) is 5.57. The Morgan fingerprint density at radius 1 is 1.62 bits per heavy atom. The Bertz CT molecular complexity index is 378. The number of primary amides is 1. The summed E-state index contributed by atoms with van der Waals surface area (Å²) in [6.45, 7) is 0.594. The molecule has 0 bridgehead atoms. The highest BCUT2D eigenvalue weighted by molar-refractivity contribution is 7.13. The van der Waals surface area contributed by atoms with Crippen molar-refractivity contribution in [2.45, 2.75) is 12.8 Å². The molecule has 0 aliphatic carbocycles. The second-order valence-electron chi connectivity index (χ2n) is 3.03. The van der Waals surface area contributed by atoms with Crippen molar-refractivity contribution in [3.63, 3.8) is 0 Å². The highest BCUT2D eigenvalue weighted by Gasteiger charge is 2.09. The van der Waals surface area contributed by atoms with E-state index in [2.05, 4.69) is 15.0 Å². The number of esters is 1. The molecule has 0 atom stereocenters. The zero-order valence-electron chi connectivity index (χ0n) is 8.86. The SMILES string of the molecule is COC(=O)c1csc(NCCCC(N)=O)n1. The maximum absolute atomic E-state index is 11.1. The summed E-state index contributed by atoms with van der Waals surface area (Å²) < 4.78 is 4.52. The summed E-state index contributed by atoms with van der Waals surface area (Å²) in [5.74, 6) is -0.780. The first-order chi connectivity index (χ1) is 7.63. The average molecular weight is 243 g/mol. The topological polar surface area (TPSA) is 94.3 Å². The maximum atomic E-state index is 11.1. The van der Waals surface area contributed by atoms with Gasteiger partial charge in [-0.05, 0) is 6.42 Å². The lowest BCUT2D eigenvalue weighted by molar-refractivity contribution is -0.118. The molecule has 0 aromatic carbocycles. The molecule has 7 heteroatoms. The van der Waals surface area contributed by atoms with Crippen LogP contribution in [0.4, 0.5) is 5.13 Å². The van der Waals surface area contributed by atoms with Crippen LogP contribution in [-0.4, -0.2) is 30.5 Å². The molecule has 6 nitrogen and oxygen atoms in total. The number of methoxy groups -OCH3 is 1. The monoisotopic (exact) mass is 243 g/mol. The number of aromatic nitrogens is 1. The van der Waals surface area contributed by atoms with E-state index < -0.39 is 5.97 Å². The molecule has 0 aliphatic heterocycles. The van der Waals surface area contributed by atoms with Crippen molar-refractivity contribution in [2.75, 3.05) is 19.0 Å². The summed E-state index contributed by atoms with van der Waals surface area (Å²) in [6.07, 6.45) is 0.977. The normalized spacial score (nSPS) is 9.81. The van der Waals surface area contributed by atoms with Crippen LogP contribution < -0.4 is 11.1 Å². The molecule has 1 aromatic heterocycles. The summed E-state index contributed by atoms with van der Waals surface area (Å²) in [4.78, 5) is 25.6. The van der Waals surface area contributed by atoms with E-state index in [9.17, 15) is 9.59 Å². The van der Waals surface area contributed by atoms with Crippen molar-refractivity contribution >= 4 is 28.3 Å². The van der Waals surface area contributed by atoms with E-state index in [1.54, 1.807) is 5.38 Å². The van der Waals surface area contributed by atoms with Crippen LogP contribution in [-0.2, 0) is 9.53 Å². The van der Waals surface area contributed by atoms with Crippen LogP contribution in [0.1, 0.15) is 23.3 Å². The number of hydrogen-bond acceptors (Lipinski definition) is 6. The highest BCUT2D eigenvalue weighted by atomic mass is 32.1.